The number of hydrogen-bond acceptors (Lipinski definition) is 3. The lowest BCUT2D eigenvalue weighted by Crippen LogP contribution is -2.27. The quantitative estimate of drug-likeness (QED) is 0.856. The maximum absolute atomic E-state index is 10.0. The first kappa shape index (κ1) is 14.4. The molecular weight excluding hydrogens is 238 g/mol. The molecule has 0 radical (unpaired) electrons. The van der Waals surface area contributed by atoms with Gasteiger partial charge in [-0.1, -0.05) is 19.9 Å². The van der Waals surface area contributed by atoms with Gasteiger partial charge in [-0.05, 0) is 55.6 Å². The number of benzene rings is 1. The number of ether oxygens (including phenoxy) is 1. The molecule has 0 aromatic heterocycles. The van der Waals surface area contributed by atoms with Crippen LogP contribution < -0.4 is 4.74 Å². The van der Waals surface area contributed by atoms with Crippen molar-refractivity contribution in [3.8, 4) is 5.75 Å². The van der Waals surface area contributed by atoms with Crippen LogP contribution in [0.1, 0.15) is 43.9 Å². The second-order valence-electron chi connectivity index (χ2n) is 5.14. The Morgan fingerprint density at radius 2 is 2.11 bits per heavy atom. The van der Waals surface area contributed by atoms with Crippen LogP contribution in [0.2, 0.25) is 0 Å². The molecule has 3 nitrogen and oxygen atoms in total. The summed E-state index contributed by atoms with van der Waals surface area (Å²) in [6.07, 6.45) is 2.72. The average molecular weight is 263 g/mol. The molecule has 1 aliphatic carbocycles. The molecule has 0 saturated carbocycles. The number of nitrogens with zero attached hydrogens (tertiary/aromatic N) is 1. The largest absolute Gasteiger partial charge is 0.492 e. The van der Waals surface area contributed by atoms with E-state index in [1.165, 1.54) is 5.56 Å². The van der Waals surface area contributed by atoms with Gasteiger partial charge >= 0.3 is 0 Å². The predicted molar refractivity (Wildman–Crippen MR) is 77.6 cm³/mol. The first-order valence-electron chi connectivity index (χ1n) is 7.40. The van der Waals surface area contributed by atoms with E-state index >= 15 is 0 Å². The maximum Gasteiger partial charge on any atom is 0.119 e. The molecule has 1 aromatic rings. The number of hydrogen-bond donors (Lipinski definition) is 1. The van der Waals surface area contributed by atoms with Crippen molar-refractivity contribution in [3.63, 3.8) is 0 Å². The van der Waals surface area contributed by atoms with Crippen molar-refractivity contribution in [1.29, 1.82) is 0 Å². The van der Waals surface area contributed by atoms with Crippen LogP contribution in [0.3, 0.4) is 0 Å². The first-order valence-corrected chi connectivity index (χ1v) is 7.40. The van der Waals surface area contributed by atoms with Crippen LogP contribution in [0.4, 0.5) is 0 Å². The van der Waals surface area contributed by atoms with Gasteiger partial charge < -0.3 is 14.7 Å². The molecule has 3 heteroatoms. The summed E-state index contributed by atoms with van der Waals surface area (Å²) in [5, 5.41) is 10.0. The summed E-state index contributed by atoms with van der Waals surface area (Å²) in [5.74, 6) is 0.881. The number of aliphatic hydroxyl groups excluding tert-OH is 1. The highest BCUT2D eigenvalue weighted by Gasteiger charge is 2.18. The first-order chi connectivity index (χ1) is 9.24. The van der Waals surface area contributed by atoms with Crippen molar-refractivity contribution in [1.82, 2.24) is 4.90 Å². The van der Waals surface area contributed by atoms with E-state index in [-0.39, 0.29) is 6.10 Å². The summed E-state index contributed by atoms with van der Waals surface area (Å²) < 4.78 is 5.80. The van der Waals surface area contributed by atoms with Gasteiger partial charge in [-0.25, -0.2) is 0 Å². The third-order valence-corrected chi connectivity index (χ3v) is 3.97. The van der Waals surface area contributed by atoms with Crippen molar-refractivity contribution in [2.24, 2.45) is 0 Å². The van der Waals surface area contributed by atoms with E-state index < -0.39 is 0 Å². The second kappa shape index (κ2) is 6.92. The van der Waals surface area contributed by atoms with E-state index in [9.17, 15) is 5.11 Å². The van der Waals surface area contributed by atoms with Crippen molar-refractivity contribution < 1.29 is 9.84 Å². The van der Waals surface area contributed by atoms with Crippen molar-refractivity contribution >= 4 is 0 Å². The van der Waals surface area contributed by atoms with E-state index in [0.29, 0.717) is 6.61 Å². The van der Waals surface area contributed by atoms with Crippen molar-refractivity contribution in [2.45, 2.75) is 39.2 Å². The fraction of sp³-hybridized carbons (Fsp3) is 0.625. The van der Waals surface area contributed by atoms with E-state index in [0.717, 1.165) is 50.2 Å². The molecule has 106 valence electrons. The average Bonchev–Trinajstić information content (AvgIpc) is 2.44. The minimum atomic E-state index is -0.310. The smallest absolute Gasteiger partial charge is 0.119 e. The van der Waals surface area contributed by atoms with Crippen LogP contribution in [0, 0.1) is 0 Å². The van der Waals surface area contributed by atoms with Gasteiger partial charge in [0.25, 0.3) is 0 Å². The lowest BCUT2D eigenvalue weighted by atomic mass is 9.89. The van der Waals surface area contributed by atoms with Gasteiger partial charge in [0.1, 0.15) is 12.4 Å². The third kappa shape index (κ3) is 3.71. The zero-order valence-corrected chi connectivity index (χ0v) is 12.1. The van der Waals surface area contributed by atoms with Crippen molar-refractivity contribution in [2.75, 3.05) is 26.2 Å². The lowest BCUT2D eigenvalue weighted by molar-refractivity contribution is 0.155. The Balaban J connectivity index is 1.93. The predicted octanol–water partition coefficient (Wildman–Crippen LogP) is 2.78. The van der Waals surface area contributed by atoms with Gasteiger partial charge in [0.2, 0.25) is 0 Å². The van der Waals surface area contributed by atoms with Gasteiger partial charge in [-0.3, -0.25) is 0 Å². The molecule has 0 bridgehead atoms. The molecule has 1 N–H and O–H groups in total. The Morgan fingerprint density at radius 3 is 2.84 bits per heavy atom. The Hall–Kier alpha value is -1.06. The van der Waals surface area contributed by atoms with Crippen LogP contribution in [0.15, 0.2) is 18.2 Å². The topological polar surface area (TPSA) is 32.7 Å². The van der Waals surface area contributed by atoms with Crippen LogP contribution in [-0.2, 0) is 6.42 Å². The summed E-state index contributed by atoms with van der Waals surface area (Å²) in [6.45, 7) is 8.10. The van der Waals surface area contributed by atoms with Crippen LogP contribution >= 0.6 is 0 Å². The van der Waals surface area contributed by atoms with E-state index in [1.807, 2.05) is 12.1 Å². The Kier molecular flexibility index (Phi) is 5.23. The molecular formula is C16H25NO2. The molecule has 0 spiro atoms. The molecule has 0 fully saturated rings. The van der Waals surface area contributed by atoms with Gasteiger partial charge in [0.05, 0.1) is 6.10 Å². The van der Waals surface area contributed by atoms with E-state index in [1.54, 1.807) is 0 Å². The van der Waals surface area contributed by atoms with Gasteiger partial charge in [-0.2, -0.15) is 0 Å². The zero-order chi connectivity index (χ0) is 13.7. The Bertz CT molecular complexity index is 402. The van der Waals surface area contributed by atoms with Crippen LogP contribution in [0.5, 0.6) is 5.75 Å². The third-order valence-electron chi connectivity index (χ3n) is 3.97. The molecule has 2 rings (SSSR count). The summed E-state index contributed by atoms with van der Waals surface area (Å²) in [5.41, 5.74) is 2.33. The molecule has 1 aliphatic rings. The second-order valence-corrected chi connectivity index (χ2v) is 5.14. The molecule has 1 atom stereocenters. The molecule has 0 aliphatic heterocycles. The van der Waals surface area contributed by atoms with Crippen molar-refractivity contribution in [3.05, 3.63) is 29.3 Å². The summed E-state index contributed by atoms with van der Waals surface area (Å²) in [6, 6.07) is 6.14. The molecule has 0 heterocycles. The minimum absolute atomic E-state index is 0.310. The molecule has 1 aromatic carbocycles. The Morgan fingerprint density at radius 1 is 1.32 bits per heavy atom. The summed E-state index contributed by atoms with van der Waals surface area (Å²) in [4.78, 5) is 2.34. The number of fused-ring (bicyclic) bond motifs is 1. The zero-order valence-electron chi connectivity index (χ0n) is 12.1. The molecule has 0 amide bonds. The molecule has 19 heavy (non-hydrogen) atoms. The normalized spacial score (nSPS) is 18.4. The number of aryl methyl sites for hydroxylation is 1. The minimum Gasteiger partial charge on any atom is -0.492 e. The lowest BCUT2D eigenvalue weighted by Gasteiger charge is -2.22. The number of aliphatic hydroxyl groups is 1. The highest BCUT2D eigenvalue weighted by molar-refractivity contribution is 5.38. The molecule has 0 unspecified atom stereocenters. The van der Waals surface area contributed by atoms with E-state index in [4.69, 9.17) is 4.74 Å². The SMILES string of the molecule is CCN(CC)CCOc1ccc2c(c1)[C@H](O)CCC2. The fourth-order valence-corrected chi connectivity index (χ4v) is 2.67. The van der Waals surface area contributed by atoms with Crippen LogP contribution in [0.25, 0.3) is 0 Å². The Labute approximate surface area is 116 Å². The standard InChI is InChI=1S/C16H25NO2/c1-3-17(4-2)10-11-19-14-9-8-13-6-5-7-16(18)15(13)12-14/h8-9,12,16,18H,3-7,10-11H2,1-2H3/t16-/m1/s1. The highest BCUT2D eigenvalue weighted by Crippen LogP contribution is 2.32. The number of rotatable bonds is 6. The van der Waals surface area contributed by atoms with Gasteiger partial charge in [0, 0.05) is 6.54 Å². The summed E-state index contributed by atoms with van der Waals surface area (Å²) >= 11 is 0. The van der Waals surface area contributed by atoms with Gasteiger partial charge in [0.15, 0.2) is 0 Å². The monoisotopic (exact) mass is 263 g/mol. The highest BCUT2D eigenvalue weighted by atomic mass is 16.5. The van der Waals surface area contributed by atoms with E-state index in [2.05, 4.69) is 24.8 Å². The maximum atomic E-state index is 10.0. The number of likely N-dealkylation sites (N-methyl/N-ethyl adjacent to an activating group) is 1. The fourth-order valence-electron chi connectivity index (χ4n) is 2.67. The summed E-state index contributed by atoms with van der Waals surface area (Å²) in [7, 11) is 0. The molecule has 0 saturated heterocycles. The van der Waals surface area contributed by atoms with Crippen LogP contribution in [-0.4, -0.2) is 36.2 Å². The van der Waals surface area contributed by atoms with Gasteiger partial charge in [-0.15, -0.1) is 0 Å².